The normalized spacial score (nSPS) is 11.2. The lowest BCUT2D eigenvalue weighted by atomic mass is 10.3. The minimum atomic E-state index is -0.0985. The van der Waals surface area contributed by atoms with E-state index in [0.717, 1.165) is 6.54 Å². The molecule has 1 aromatic rings. The molecule has 0 bridgehead atoms. The van der Waals surface area contributed by atoms with Crippen molar-refractivity contribution in [2.24, 2.45) is 0 Å². The average molecular weight is 273 g/mol. The molecule has 0 aliphatic rings. The van der Waals surface area contributed by atoms with E-state index in [9.17, 15) is 4.79 Å². The van der Waals surface area contributed by atoms with Gasteiger partial charge < -0.3 is 15.4 Å². The highest BCUT2D eigenvalue weighted by Crippen LogP contribution is 2.07. The highest BCUT2D eigenvalue weighted by molar-refractivity contribution is 5.85. The van der Waals surface area contributed by atoms with Gasteiger partial charge in [-0.15, -0.1) is 12.4 Å². The molecular formula is C13H21ClN2O2. The summed E-state index contributed by atoms with van der Waals surface area (Å²) in [5, 5.41) is 6.03. The minimum Gasteiger partial charge on any atom is -0.484 e. The number of ether oxygens (including phenoxy) is 1. The molecule has 1 rings (SSSR count). The van der Waals surface area contributed by atoms with E-state index >= 15 is 0 Å². The Balaban J connectivity index is 0.00000289. The van der Waals surface area contributed by atoms with E-state index in [1.54, 1.807) is 0 Å². The number of benzene rings is 1. The Kier molecular flexibility index (Phi) is 9.06. The molecule has 1 atom stereocenters. The molecule has 0 aliphatic heterocycles. The zero-order chi connectivity index (χ0) is 12.5. The largest absolute Gasteiger partial charge is 0.484 e. The molecule has 0 radical (unpaired) electrons. The molecule has 1 aromatic carbocycles. The first-order valence-electron chi connectivity index (χ1n) is 5.90. The smallest absolute Gasteiger partial charge is 0.257 e. The van der Waals surface area contributed by atoms with Crippen LogP contribution in [0.5, 0.6) is 5.75 Å². The summed E-state index contributed by atoms with van der Waals surface area (Å²) in [4.78, 5) is 11.5. The number of nitrogens with one attached hydrogen (secondary N) is 2. The summed E-state index contributed by atoms with van der Waals surface area (Å²) in [6.45, 7) is 5.64. The van der Waals surface area contributed by atoms with Crippen LogP contribution in [0.4, 0.5) is 0 Å². The van der Waals surface area contributed by atoms with Gasteiger partial charge in [-0.05, 0) is 25.6 Å². The molecule has 0 spiro atoms. The molecule has 1 amide bonds. The summed E-state index contributed by atoms with van der Waals surface area (Å²) in [5.74, 6) is 0.612. The van der Waals surface area contributed by atoms with Crippen molar-refractivity contribution in [1.82, 2.24) is 10.6 Å². The molecule has 0 saturated carbocycles. The third kappa shape index (κ3) is 7.14. The van der Waals surface area contributed by atoms with E-state index in [-0.39, 0.29) is 31.0 Å². The molecule has 2 N–H and O–H groups in total. The lowest BCUT2D eigenvalue weighted by molar-refractivity contribution is -0.123. The summed E-state index contributed by atoms with van der Waals surface area (Å²) in [6, 6.07) is 9.59. The van der Waals surface area contributed by atoms with Crippen LogP contribution in [0.25, 0.3) is 0 Å². The fraction of sp³-hybridized carbons (Fsp3) is 0.462. The van der Waals surface area contributed by atoms with Crippen molar-refractivity contribution in [2.45, 2.75) is 19.9 Å². The van der Waals surface area contributed by atoms with E-state index in [1.165, 1.54) is 0 Å². The van der Waals surface area contributed by atoms with E-state index < -0.39 is 0 Å². The van der Waals surface area contributed by atoms with Crippen molar-refractivity contribution in [3.8, 4) is 5.75 Å². The van der Waals surface area contributed by atoms with Gasteiger partial charge in [0.05, 0.1) is 0 Å². The lowest BCUT2D eigenvalue weighted by Gasteiger charge is -2.13. The van der Waals surface area contributed by atoms with Crippen molar-refractivity contribution in [2.75, 3.05) is 19.7 Å². The van der Waals surface area contributed by atoms with Gasteiger partial charge in [0.1, 0.15) is 5.75 Å². The van der Waals surface area contributed by atoms with Gasteiger partial charge in [0.2, 0.25) is 0 Å². The van der Waals surface area contributed by atoms with Gasteiger partial charge in [0, 0.05) is 12.6 Å². The standard InChI is InChI=1S/C13H20N2O2.ClH/c1-3-14-11(2)9-15-13(16)10-17-12-7-5-4-6-8-12;/h4-8,11,14H,3,9-10H2,1-2H3,(H,15,16);1H/t11-;/m1./s1. The van der Waals surface area contributed by atoms with Crippen LogP contribution >= 0.6 is 12.4 Å². The molecule has 0 unspecified atom stereocenters. The molecule has 0 aliphatic carbocycles. The summed E-state index contributed by atoms with van der Waals surface area (Å²) in [6.07, 6.45) is 0. The Bertz CT molecular complexity index is 333. The predicted octanol–water partition coefficient (Wildman–Crippen LogP) is 1.60. The van der Waals surface area contributed by atoms with Gasteiger partial charge in [0.25, 0.3) is 5.91 Å². The molecule has 0 heterocycles. The van der Waals surface area contributed by atoms with Gasteiger partial charge >= 0.3 is 0 Å². The quantitative estimate of drug-likeness (QED) is 0.793. The van der Waals surface area contributed by atoms with Crippen LogP contribution < -0.4 is 15.4 Å². The van der Waals surface area contributed by atoms with E-state index in [2.05, 4.69) is 10.6 Å². The van der Waals surface area contributed by atoms with Gasteiger partial charge in [-0.25, -0.2) is 0 Å². The number of carbonyl (C=O) groups is 1. The number of carbonyl (C=O) groups excluding carboxylic acids is 1. The first-order valence-corrected chi connectivity index (χ1v) is 5.90. The second-order valence-corrected chi connectivity index (χ2v) is 3.86. The number of halogens is 1. The summed E-state index contributed by atoms with van der Waals surface area (Å²) in [7, 11) is 0. The summed E-state index contributed by atoms with van der Waals surface area (Å²) < 4.78 is 5.33. The van der Waals surface area contributed by atoms with Gasteiger partial charge in [-0.2, -0.15) is 0 Å². The highest BCUT2D eigenvalue weighted by Gasteiger charge is 2.04. The number of hydrogen-bond acceptors (Lipinski definition) is 3. The van der Waals surface area contributed by atoms with Crippen molar-refractivity contribution in [3.63, 3.8) is 0 Å². The second kappa shape index (κ2) is 9.74. The Hall–Kier alpha value is -1.26. The maximum atomic E-state index is 11.5. The SMILES string of the molecule is CCN[C@H](C)CNC(=O)COc1ccccc1.Cl. The molecule has 0 saturated heterocycles. The van der Waals surface area contributed by atoms with Gasteiger partial charge in [-0.3, -0.25) is 4.79 Å². The molecule has 5 heteroatoms. The zero-order valence-electron chi connectivity index (χ0n) is 10.8. The van der Waals surface area contributed by atoms with Gasteiger partial charge in [0.15, 0.2) is 6.61 Å². The fourth-order valence-corrected chi connectivity index (χ4v) is 1.40. The maximum Gasteiger partial charge on any atom is 0.257 e. The Morgan fingerprint density at radius 3 is 2.61 bits per heavy atom. The van der Waals surface area contributed by atoms with Crippen LogP contribution in [0, 0.1) is 0 Å². The summed E-state index contributed by atoms with van der Waals surface area (Å²) >= 11 is 0. The Morgan fingerprint density at radius 2 is 2.00 bits per heavy atom. The number of amides is 1. The van der Waals surface area contributed by atoms with Crippen LogP contribution in [0.1, 0.15) is 13.8 Å². The Labute approximate surface area is 115 Å². The van der Waals surface area contributed by atoms with E-state index in [1.807, 2.05) is 44.2 Å². The van der Waals surface area contributed by atoms with Crippen LogP contribution in [-0.4, -0.2) is 31.6 Å². The molecule has 18 heavy (non-hydrogen) atoms. The predicted molar refractivity (Wildman–Crippen MR) is 75.3 cm³/mol. The first kappa shape index (κ1) is 16.7. The van der Waals surface area contributed by atoms with E-state index in [4.69, 9.17) is 4.74 Å². The Morgan fingerprint density at radius 1 is 1.33 bits per heavy atom. The number of hydrogen-bond donors (Lipinski definition) is 2. The highest BCUT2D eigenvalue weighted by atomic mass is 35.5. The van der Waals surface area contributed by atoms with Crippen LogP contribution in [0.3, 0.4) is 0 Å². The monoisotopic (exact) mass is 272 g/mol. The molecule has 0 aromatic heterocycles. The second-order valence-electron chi connectivity index (χ2n) is 3.86. The lowest BCUT2D eigenvalue weighted by Crippen LogP contribution is -2.40. The topological polar surface area (TPSA) is 50.4 Å². The van der Waals surface area contributed by atoms with Crippen molar-refractivity contribution >= 4 is 18.3 Å². The van der Waals surface area contributed by atoms with E-state index in [0.29, 0.717) is 12.3 Å². The number of rotatable bonds is 7. The minimum absolute atomic E-state index is 0. The average Bonchev–Trinajstić information content (AvgIpc) is 2.35. The number of likely N-dealkylation sites (N-methyl/N-ethyl adjacent to an activating group) is 1. The van der Waals surface area contributed by atoms with Gasteiger partial charge in [-0.1, -0.05) is 25.1 Å². The molecule has 102 valence electrons. The van der Waals surface area contributed by atoms with Crippen LogP contribution in [-0.2, 0) is 4.79 Å². The fourth-order valence-electron chi connectivity index (χ4n) is 1.40. The molecular weight excluding hydrogens is 252 g/mol. The third-order valence-electron chi connectivity index (χ3n) is 2.27. The molecule has 4 nitrogen and oxygen atoms in total. The first-order chi connectivity index (χ1) is 8.22. The van der Waals surface area contributed by atoms with Crippen LogP contribution in [0.15, 0.2) is 30.3 Å². The zero-order valence-corrected chi connectivity index (χ0v) is 11.6. The number of para-hydroxylation sites is 1. The third-order valence-corrected chi connectivity index (χ3v) is 2.27. The maximum absolute atomic E-state index is 11.5. The molecule has 0 fully saturated rings. The summed E-state index contributed by atoms with van der Waals surface area (Å²) in [5.41, 5.74) is 0. The van der Waals surface area contributed by atoms with Crippen LogP contribution in [0.2, 0.25) is 0 Å². The van der Waals surface area contributed by atoms with Crippen molar-refractivity contribution < 1.29 is 9.53 Å². The van der Waals surface area contributed by atoms with Crippen molar-refractivity contribution in [3.05, 3.63) is 30.3 Å². The van der Waals surface area contributed by atoms with Crippen molar-refractivity contribution in [1.29, 1.82) is 0 Å².